The van der Waals surface area contributed by atoms with E-state index >= 15 is 0 Å². The predicted octanol–water partition coefficient (Wildman–Crippen LogP) is 4.50. The van der Waals surface area contributed by atoms with E-state index in [1.54, 1.807) is 0 Å². The summed E-state index contributed by atoms with van der Waals surface area (Å²) in [5.74, 6) is -0.777. The zero-order valence-electron chi connectivity index (χ0n) is 19.8. The molecule has 0 fully saturated rings. The molecule has 0 amide bonds. The summed E-state index contributed by atoms with van der Waals surface area (Å²) in [4.78, 5) is 26.1. The van der Waals surface area contributed by atoms with Crippen LogP contribution in [-0.4, -0.2) is 68.8 Å². The van der Waals surface area contributed by atoms with E-state index in [4.69, 9.17) is 37.9 Å². The molecule has 12 heteroatoms. The molecule has 10 nitrogen and oxygen atoms in total. The lowest BCUT2D eigenvalue weighted by molar-refractivity contribution is 0.0588. The van der Waals surface area contributed by atoms with E-state index < -0.39 is 11.9 Å². The smallest absolute Gasteiger partial charge is 0.339 e. The molecule has 0 atom stereocenters. The number of hydrogen-bond donors (Lipinski definition) is 0. The zero-order chi connectivity index (χ0) is 25.7. The number of halogens is 2. The SMILES string of the molecule is COC(=O)c1c(Br)c(OC)c(OC)c(OC)c1-c1c(OC)c(OC)c(OC)c(Br)c1C(=O)OC. The Morgan fingerprint density at radius 1 is 0.471 bits per heavy atom. The summed E-state index contributed by atoms with van der Waals surface area (Å²) < 4.78 is 43.8. The molecule has 2 aromatic carbocycles. The first-order valence-electron chi connectivity index (χ1n) is 9.44. The van der Waals surface area contributed by atoms with E-state index in [0.717, 1.165) is 0 Å². The summed E-state index contributed by atoms with van der Waals surface area (Å²) in [6.45, 7) is 0. The normalized spacial score (nSPS) is 10.3. The van der Waals surface area contributed by atoms with Gasteiger partial charge in [0.25, 0.3) is 0 Å². The standard InChI is InChI=1S/C22H24Br2O10/c1-27-15-9(11(21(25)33-7)13(23)17(29-3)19(15)31-5)10-12(22(26)34-8)14(24)18(30-4)20(32-6)16(10)28-2/h1-8H3. The van der Waals surface area contributed by atoms with Crippen LogP contribution in [0, 0.1) is 0 Å². The number of hydrogen-bond acceptors (Lipinski definition) is 10. The van der Waals surface area contributed by atoms with Crippen LogP contribution >= 0.6 is 31.9 Å². The summed E-state index contributed by atoms with van der Waals surface area (Å²) in [5.41, 5.74) is 0.134. The summed E-state index contributed by atoms with van der Waals surface area (Å²) in [6.07, 6.45) is 0. The molecule has 0 aliphatic rings. The Labute approximate surface area is 213 Å². The molecule has 0 saturated carbocycles. The van der Waals surface area contributed by atoms with Crippen molar-refractivity contribution in [1.82, 2.24) is 0 Å². The Kier molecular flexibility index (Phi) is 9.28. The molecule has 2 aromatic rings. The minimum atomic E-state index is -0.759. The van der Waals surface area contributed by atoms with Crippen molar-refractivity contribution < 1.29 is 47.5 Å². The Hall–Kier alpha value is -2.86. The maximum Gasteiger partial charge on any atom is 0.339 e. The van der Waals surface area contributed by atoms with Gasteiger partial charge in [0.05, 0.1) is 77.0 Å². The second kappa shape index (κ2) is 11.5. The molecule has 0 spiro atoms. The Balaban J connectivity index is 3.40. The first-order chi connectivity index (χ1) is 16.2. The van der Waals surface area contributed by atoms with Crippen molar-refractivity contribution in [1.29, 1.82) is 0 Å². The van der Waals surface area contributed by atoms with Crippen LogP contribution in [0.4, 0.5) is 0 Å². The average molecular weight is 608 g/mol. The van der Waals surface area contributed by atoms with Crippen molar-refractivity contribution >= 4 is 43.8 Å². The molecule has 0 aliphatic heterocycles. The quantitative estimate of drug-likeness (QED) is 0.378. The lowest BCUT2D eigenvalue weighted by atomic mass is 9.91. The first-order valence-corrected chi connectivity index (χ1v) is 11.0. The number of esters is 2. The Morgan fingerprint density at radius 2 is 0.735 bits per heavy atom. The number of carbonyl (C=O) groups excluding carboxylic acids is 2. The van der Waals surface area contributed by atoms with Crippen LogP contribution in [0.15, 0.2) is 8.95 Å². The lowest BCUT2D eigenvalue weighted by Crippen LogP contribution is -2.14. The summed E-state index contributed by atoms with van der Waals surface area (Å²) in [5, 5.41) is 0. The van der Waals surface area contributed by atoms with Crippen molar-refractivity contribution in [3.05, 3.63) is 20.1 Å². The molecule has 34 heavy (non-hydrogen) atoms. The van der Waals surface area contributed by atoms with Gasteiger partial charge >= 0.3 is 11.9 Å². The van der Waals surface area contributed by atoms with E-state index in [-0.39, 0.29) is 65.7 Å². The van der Waals surface area contributed by atoms with Crippen LogP contribution in [0.1, 0.15) is 20.7 Å². The fourth-order valence-electron chi connectivity index (χ4n) is 3.50. The molecule has 0 heterocycles. The van der Waals surface area contributed by atoms with Crippen molar-refractivity contribution in [2.24, 2.45) is 0 Å². The van der Waals surface area contributed by atoms with Crippen molar-refractivity contribution in [2.45, 2.75) is 0 Å². The molecular formula is C22H24Br2O10. The van der Waals surface area contributed by atoms with Crippen LogP contribution in [0.5, 0.6) is 34.5 Å². The molecule has 0 aliphatic carbocycles. The number of ether oxygens (including phenoxy) is 8. The maximum atomic E-state index is 13.0. The highest BCUT2D eigenvalue weighted by molar-refractivity contribution is 9.11. The molecule has 0 unspecified atom stereocenters. The number of rotatable bonds is 9. The molecule has 186 valence electrons. The van der Waals surface area contributed by atoms with Crippen LogP contribution in [0.3, 0.4) is 0 Å². The third-order valence-electron chi connectivity index (χ3n) is 4.87. The van der Waals surface area contributed by atoms with E-state index in [9.17, 15) is 9.59 Å². The summed E-state index contributed by atoms with van der Waals surface area (Å²) in [7, 11) is 10.8. The zero-order valence-corrected chi connectivity index (χ0v) is 23.0. The van der Waals surface area contributed by atoms with Gasteiger partial charge in [-0.2, -0.15) is 0 Å². The van der Waals surface area contributed by atoms with Gasteiger partial charge in [0.2, 0.25) is 11.5 Å². The number of methoxy groups -OCH3 is 8. The van der Waals surface area contributed by atoms with E-state index in [1.807, 2.05) is 0 Å². The minimum Gasteiger partial charge on any atom is -0.492 e. The molecule has 0 saturated heterocycles. The second-order valence-corrected chi connectivity index (χ2v) is 7.90. The molecule has 0 N–H and O–H groups in total. The van der Waals surface area contributed by atoms with Gasteiger partial charge in [0.15, 0.2) is 23.0 Å². The fourth-order valence-corrected chi connectivity index (χ4v) is 4.90. The van der Waals surface area contributed by atoms with Crippen molar-refractivity contribution in [2.75, 3.05) is 56.9 Å². The van der Waals surface area contributed by atoms with E-state index in [1.165, 1.54) is 56.9 Å². The van der Waals surface area contributed by atoms with Crippen molar-refractivity contribution in [3.63, 3.8) is 0 Å². The highest BCUT2D eigenvalue weighted by Crippen LogP contribution is 2.58. The van der Waals surface area contributed by atoms with Gasteiger partial charge in [-0.05, 0) is 31.9 Å². The van der Waals surface area contributed by atoms with Gasteiger partial charge in [-0.25, -0.2) is 9.59 Å². The molecular weight excluding hydrogens is 584 g/mol. The third kappa shape index (κ3) is 4.31. The summed E-state index contributed by atoms with van der Waals surface area (Å²) in [6, 6.07) is 0. The number of benzene rings is 2. The Morgan fingerprint density at radius 3 is 0.941 bits per heavy atom. The molecule has 0 bridgehead atoms. The van der Waals surface area contributed by atoms with Gasteiger partial charge < -0.3 is 37.9 Å². The van der Waals surface area contributed by atoms with Gasteiger partial charge in [0, 0.05) is 11.1 Å². The topological polar surface area (TPSA) is 108 Å². The predicted molar refractivity (Wildman–Crippen MR) is 129 cm³/mol. The van der Waals surface area contributed by atoms with Crippen LogP contribution < -0.4 is 28.4 Å². The molecule has 0 aromatic heterocycles. The average Bonchev–Trinajstić information content (AvgIpc) is 2.85. The molecule has 0 radical (unpaired) electrons. The lowest BCUT2D eigenvalue weighted by Gasteiger charge is -2.25. The third-order valence-corrected chi connectivity index (χ3v) is 6.38. The number of carbonyl (C=O) groups is 2. The highest BCUT2D eigenvalue weighted by atomic mass is 79.9. The van der Waals surface area contributed by atoms with Crippen LogP contribution in [-0.2, 0) is 9.47 Å². The van der Waals surface area contributed by atoms with Gasteiger partial charge in [0.1, 0.15) is 0 Å². The van der Waals surface area contributed by atoms with Gasteiger partial charge in [-0.15, -0.1) is 0 Å². The molecule has 2 rings (SSSR count). The van der Waals surface area contributed by atoms with Crippen LogP contribution in [0.2, 0.25) is 0 Å². The summed E-state index contributed by atoms with van der Waals surface area (Å²) >= 11 is 6.81. The largest absolute Gasteiger partial charge is 0.492 e. The second-order valence-electron chi connectivity index (χ2n) is 6.31. The highest BCUT2D eigenvalue weighted by Gasteiger charge is 2.38. The monoisotopic (exact) mass is 606 g/mol. The van der Waals surface area contributed by atoms with E-state index in [0.29, 0.717) is 0 Å². The minimum absolute atomic E-state index is 0.0282. The Bertz CT molecular complexity index is 1030. The first kappa shape index (κ1) is 27.4. The van der Waals surface area contributed by atoms with Crippen molar-refractivity contribution in [3.8, 4) is 45.6 Å². The maximum absolute atomic E-state index is 13.0. The van der Waals surface area contributed by atoms with Gasteiger partial charge in [-0.1, -0.05) is 0 Å². The van der Waals surface area contributed by atoms with Gasteiger partial charge in [-0.3, -0.25) is 0 Å². The van der Waals surface area contributed by atoms with Crippen LogP contribution in [0.25, 0.3) is 11.1 Å². The van der Waals surface area contributed by atoms with E-state index in [2.05, 4.69) is 31.9 Å². The fraction of sp³-hybridized carbons (Fsp3) is 0.364.